The summed E-state index contributed by atoms with van der Waals surface area (Å²) in [4.78, 5) is 12.7. The largest absolute Gasteiger partial charge is 0.386 e. The SMILES string of the molecule is CC(NC(=O)C(c1ccccc1)C1CC1)C(O)c1ccc(F)c(F)c1. The molecule has 1 aliphatic rings. The molecule has 3 atom stereocenters. The topological polar surface area (TPSA) is 49.3 Å². The van der Waals surface area contributed by atoms with E-state index < -0.39 is 23.8 Å². The van der Waals surface area contributed by atoms with Crippen LogP contribution in [0.15, 0.2) is 48.5 Å². The zero-order chi connectivity index (χ0) is 18.0. The van der Waals surface area contributed by atoms with Gasteiger partial charge in [0.15, 0.2) is 11.6 Å². The molecule has 1 aliphatic carbocycles. The second-order valence-electron chi connectivity index (χ2n) is 6.64. The van der Waals surface area contributed by atoms with E-state index in [-0.39, 0.29) is 17.4 Å². The fraction of sp³-hybridized carbons (Fsp3) is 0.350. The maximum Gasteiger partial charge on any atom is 0.228 e. The Balaban J connectivity index is 1.71. The van der Waals surface area contributed by atoms with Crippen molar-refractivity contribution in [3.63, 3.8) is 0 Å². The molecule has 0 aromatic heterocycles. The summed E-state index contributed by atoms with van der Waals surface area (Å²) in [5, 5.41) is 13.2. The molecule has 1 fully saturated rings. The standard InChI is InChI=1S/C20H21F2NO2/c1-12(19(24)15-9-10-16(21)17(22)11-15)23-20(25)18(14-7-8-14)13-5-3-2-4-6-13/h2-6,9-12,14,18-19,24H,7-8H2,1H3,(H,23,25). The molecule has 132 valence electrons. The lowest BCUT2D eigenvalue weighted by Crippen LogP contribution is -2.40. The number of halogens is 2. The maximum absolute atomic E-state index is 13.4. The Labute approximate surface area is 145 Å². The first-order chi connectivity index (χ1) is 12.0. The predicted octanol–water partition coefficient (Wildman–Crippen LogP) is 3.70. The van der Waals surface area contributed by atoms with Crippen molar-refractivity contribution in [3.05, 3.63) is 71.3 Å². The summed E-state index contributed by atoms with van der Waals surface area (Å²) in [6.45, 7) is 1.65. The number of benzene rings is 2. The smallest absolute Gasteiger partial charge is 0.228 e. The fourth-order valence-corrected chi connectivity index (χ4v) is 3.11. The number of hydrogen-bond acceptors (Lipinski definition) is 2. The summed E-state index contributed by atoms with van der Waals surface area (Å²) in [5.74, 6) is -2.07. The Morgan fingerprint density at radius 2 is 1.76 bits per heavy atom. The van der Waals surface area contributed by atoms with Crippen LogP contribution in [0, 0.1) is 17.6 Å². The second kappa shape index (κ2) is 7.31. The van der Waals surface area contributed by atoms with E-state index in [2.05, 4.69) is 5.32 Å². The number of rotatable bonds is 6. The first-order valence-corrected chi connectivity index (χ1v) is 8.45. The Kier molecular flexibility index (Phi) is 5.13. The van der Waals surface area contributed by atoms with Gasteiger partial charge in [0.05, 0.1) is 18.1 Å². The molecule has 5 heteroatoms. The average molecular weight is 345 g/mol. The summed E-state index contributed by atoms with van der Waals surface area (Å²) in [5.41, 5.74) is 1.19. The first-order valence-electron chi connectivity index (χ1n) is 8.45. The number of carbonyl (C=O) groups excluding carboxylic acids is 1. The Hall–Kier alpha value is -2.27. The molecule has 0 saturated heterocycles. The molecule has 2 aromatic rings. The molecular formula is C20H21F2NO2. The first kappa shape index (κ1) is 17.5. The number of amides is 1. The van der Waals surface area contributed by atoms with E-state index in [1.165, 1.54) is 6.07 Å². The molecule has 2 aromatic carbocycles. The van der Waals surface area contributed by atoms with Crippen LogP contribution in [-0.2, 0) is 4.79 Å². The highest BCUT2D eigenvalue weighted by atomic mass is 19.2. The number of carbonyl (C=O) groups is 1. The van der Waals surface area contributed by atoms with Crippen molar-refractivity contribution in [3.8, 4) is 0 Å². The quantitative estimate of drug-likeness (QED) is 0.839. The minimum Gasteiger partial charge on any atom is -0.386 e. The molecule has 25 heavy (non-hydrogen) atoms. The van der Waals surface area contributed by atoms with Gasteiger partial charge in [0, 0.05) is 0 Å². The van der Waals surface area contributed by atoms with Gasteiger partial charge in [-0.2, -0.15) is 0 Å². The van der Waals surface area contributed by atoms with Crippen LogP contribution in [0.3, 0.4) is 0 Å². The molecule has 0 heterocycles. The van der Waals surface area contributed by atoms with Crippen molar-refractivity contribution >= 4 is 5.91 Å². The van der Waals surface area contributed by atoms with Crippen molar-refractivity contribution < 1.29 is 18.7 Å². The lowest BCUT2D eigenvalue weighted by molar-refractivity contribution is -0.124. The third-order valence-electron chi connectivity index (χ3n) is 4.66. The summed E-state index contributed by atoms with van der Waals surface area (Å²) in [6, 6.07) is 12.2. The predicted molar refractivity (Wildman–Crippen MR) is 90.8 cm³/mol. The lowest BCUT2D eigenvalue weighted by atomic mass is 9.92. The van der Waals surface area contributed by atoms with Gasteiger partial charge in [0.1, 0.15) is 0 Å². The summed E-state index contributed by atoms with van der Waals surface area (Å²) >= 11 is 0. The van der Waals surface area contributed by atoms with Crippen molar-refractivity contribution in [2.24, 2.45) is 5.92 Å². The van der Waals surface area contributed by atoms with Crippen LogP contribution in [-0.4, -0.2) is 17.1 Å². The van der Waals surface area contributed by atoms with Crippen LogP contribution in [0.1, 0.15) is 42.9 Å². The highest BCUT2D eigenvalue weighted by Gasteiger charge is 2.38. The average Bonchev–Trinajstić information content (AvgIpc) is 3.42. The van der Waals surface area contributed by atoms with Gasteiger partial charge in [-0.25, -0.2) is 8.78 Å². The van der Waals surface area contributed by atoms with E-state index >= 15 is 0 Å². The van der Waals surface area contributed by atoms with Gasteiger partial charge in [-0.15, -0.1) is 0 Å². The van der Waals surface area contributed by atoms with Crippen molar-refractivity contribution in [1.82, 2.24) is 5.32 Å². The molecule has 3 unspecified atom stereocenters. The molecule has 0 bridgehead atoms. The van der Waals surface area contributed by atoms with E-state index in [0.717, 1.165) is 30.5 Å². The van der Waals surface area contributed by atoms with Crippen LogP contribution < -0.4 is 5.32 Å². The zero-order valence-electron chi connectivity index (χ0n) is 14.0. The van der Waals surface area contributed by atoms with E-state index in [0.29, 0.717) is 5.92 Å². The lowest BCUT2D eigenvalue weighted by Gasteiger charge is -2.24. The van der Waals surface area contributed by atoms with Gasteiger partial charge in [-0.1, -0.05) is 36.4 Å². The van der Waals surface area contributed by atoms with E-state index in [1.807, 2.05) is 30.3 Å². The number of aliphatic hydroxyl groups is 1. The number of aliphatic hydroxyl groups excluding tert-OH is 1. The van der Waals surface area contributed by atoms with Gasteiger partial charge in [-0.3, -0.25) is 4.79 Å². The summed E-state index contributed by atoms with van der Waals surface area (Å²) in [6.07, 6.45) is 0.898. The summed E-state index contributed by atoms with van der Waals surface area (Å²) in [7, 11) is 0. The van der Waals surface area contributed by atoms with Gasteiger partial charge >= 0.3 is 0 Å². The minimum atomic E-state index is -1.12. The summed E-state index contributed by atoms with van der Waals surface area (Å²) < 4.78 is 26.4. The molecule has 3 nitrogen and oxygen atoms in total. The molecular weight excluding hydrogens is 324 g/mol. The van der Waals surface area contributed by atoms with Crippen molar-refractivity contribution in [2.75, 3.05) is 0 Å². The van der Waals surface area contributed by atoms with Gasteiger partial charge in [-0.05, 0) is 48.9 Å². The van der Waals surface area contributed by atoms with Crippen LogP contribution in [0.5, 0.6) is 0 Å². The van der Waals surface area contributed by atoms with Crippen LogP contribution in [0.2, 0.25) is 0 Å². The fourth-order valence-electron chi connectivity index (χ4n) is 3.11. The molecule has 0 aliphatic heterocycles. The van der Waals surface area contributed by atoms with Crippen LogP contribution >= 0.6 is 0 Å². The third kappa shape index (κ3) is 4.04. The van der Waals surface area contributed by atoms with E-state index in [4.69, 9.17) is 0 Å². The third-order valence-corrected chi connectivity index (χ3v) is 4.66. The Morgan fingerprint density at radius 1 is 1.08 bits per heavy atom. The normalized spacial score (nSPS) is 17.6. The molecule has 1 amide bonds. The van der Waals surface area contributed by atoms with Gasteiger partial charge in [0.2, 0.25) is 5.91 Å². The van der Waals surface area contributed by atoms with E-state index in [1.54, 1.807) is 6.92 Å². The number of hydrogen-bond donors (Lipinski definition) is 2. The van der Waals surface area contributed by atoms with E-state index in [9.17, 15) is 18.7 Å². The van der Waals surface area contributed by atoms with Crippen LogP contribution in [0.4, 0.5) is 8.78 Å². The molecule has 3 rings (SSSR count). The van der Waals surface area contributed by atoms with Gasteiger partial charge < -0.3 is 10.4 Å². The highest BCUT2D eigenvalue weighted by molar-refractivity contribution is 5.84. The molecule has 0 spiro atoms. The highest BCUT2D eigenvalue weighted by Crippen LogP contribution is 2.42. The number of nitrogens with one attached hydrogen (secondary N) is 1. The Bertz CT molecular complexity index is 747. The monoisotopic (exact) mass is 345 g/mol. The van der Waals surface area contributed by atoms with Crippen LogP contribution in [0.25, 0.3) is 0 Å². The van der Waals surface area contributed by atoms with Crippen molar-refractivity contribution in [1.29, 1.82) is 0 Å². The molecule has 2 N–H and O–H groups in total. The minimum absolute atomic E-state index is 0.150. The zero-order valence-corrected chi connectivity index (χ0v) is 14.0. The van der Waals surface area contributed by atoms with Crippen molar-refractivity contribution in [2.45, 2.75) is 37.8 Å². The molecule has 0 radical (unpaired) electrons. The molecule has 1 saturated carbocycles. The maximum atomic E-state index is 13.4. The second-order valence-corrected chi connectivity index (χ2v) is 6.64. The Morgan fingerprint density at radius 3 is 2.36 bits per heavy atom. The van der Waals surface area contributed by atoms with Gasteiger partial charge in [0.25, 0.3) is 0 Å².